The molecule has 0 aliphatic heterocycles. The van der Waals surface area contributed by atoms with Crippen LogP contribution in [0.15, 0.2) is 51.7 Å². The number of ether oxygens (including phenoxy) is 2. The normalized spacial score (nSPS) is 10.5. The Balaban J connectivity index is 1.62. The molecule has 5 heteroatoms. The monoisotopic (exact) mass is 330 g/mol. The molecule has 0 atom stereocenters. The highest BCUT2D eigenvalue weighted by molar-refractivity contribution is 5.86. The fourth-order valence-corrected chi connectivity index (χ4v) is 2.18. The van der Waals surface area contributed by atoms with Crippen LogP contribution < -0.4 is 10.4 Å². The number of unbranched alkanes of at least 4 members (excludes halogenated alkanes) is 3. The molecule has 0 amide bonds. The van der Waals surface area contributed by atoms with Crippen LogP contribution >= 0.6 is 0 Å². The number of carbonyl (C=O) groups excluding carboxylic acids is 1. The van der Waals surface area contributed by atoms with Crippen molar-refractivity contribution in [3.05, 3.63) is 52.9 Å². The molecule has 5 nitrogen and oxygen atoms in total. The molecule has 128 valence electrons. The van der Waals surface area contributed by atoms with E-state index in [1.807, 2.05) is 6.07 Å². The van der Waals surface area contributed by atoms with Crippen molar-refractivity contribution in [3.8, 4) is 5.75 Å². The van der Waals surface area contributed by atoms with Crippen molar-refractivity contribution in [2.24, 2.45) is 0 Å². The number of esters is 1. The molecule has 0 bridgehead atoms. The van der Waals surface area contributed by atoms with E-state index in [0.29, 0.717) is 24.4 Å². The van der Waals surface area contributed by atoms with Crippen LogP contribution in [0.1, 0.15) is 32.6 Å². The quantitative estimate of drug-likeness (QED) is 0.302. The van der Waals surface area contributed by atoms with E-state index in [4.69, 9.17) is 13.9 Å². The average Bonchev–Trinajstić information content (AvgIpc) is 2.56. The molecule has 0 unspecified atom stereocenters. The molecule has 2 rings (SSSR count). The summed E-state index contributed by atoms with van der Waals surface area (Å²) in [7, 11) is 0. The summed E-state index contributed by atoms with van der Waals surface area (Å²) < 4.78 is 15.8. The summed E-state index contributed by atoms with van der Waals surface area (Å²) in [5.41, 5.74) is 0.627. The van der Waals surface area contributed by atoms with Gasteiger partial charge in [0.1, 0.15) is 11.3 Å². The van der Waals surface area contributed by atoms with E-state index in [1.54, 1.807) is 25.1 Å². The lowest BCUT2D eigenvalue weighted by molar-refractivity contribution is -0.139. The first-order valence-corrected chi connectivity index (χ1v) is 8.05. The summed E-state index contributed by atoms with van der Waals surface area (Å²) >= 11 is 0. The summed E-state index contributed by atoms with van der Waals surface area (Å²) in [4.78, 5) is 22.3. The summed E-state index contributed by atoms with van der Waals surface area (Å²) in [5, 5.41) is 0.839. The standard InChI is InChI=1S/C19H22O5/c1-14(2)19(21)23-12-6-4-3-5-11-22-16-8-9-17-15(13-16)7-10-18(20)24-17/h7-10,13H,1,3-6,11-12H2,2H3. The summed E-state index contributed by atoms with van der Waals surface area (Å²) in [5.74, 6) is 0.428. The van der Waals surface area contributed by atoms with Crippen molar-refractivity contribution in [2.45, 2.75) is 32.6 Å². The second kappa shape index (κ2) is 8.91. The predicted octanol–water partition coefficient (Wildman–Crippen LogP) is 3.85. The molecule has 0 N–H and O–H groups in total. The van der Waals surface area contributed by atoms with Gasteiger partial charge in [0, 0.05) is 17.0 Å². The van der Waals surface area contributed by atoms with E-state index in [2.05, 4.69) is 6.58 Å². The van der Waals surface area contributed by atoms with Crippen LogP contribution in [0.4, 0.5) is 0 Å². The van der Waals surface area contributed by atoms with E-state index in [-0.39, 0.29) is 11.6 Å². The second-order valence-electron chi connectivity index (χ2n) is 5.63. The van der Waals surface area contributed by atoms with Crippen molar-refractivity contribution >= 4 is 16.9 Å². The third kappa shape index (κ3) is 5.57. The summed E-state index contributed by atoms with van der Waals surface area (Å²) in [6.07, 6.45) is 3.76. The number of carbonyl (C=O) groups is 1. The fourth-order valence-electron chi connectivity index (χ4n) is 2.18. The van der Waals surface area contributed by atoms with Gasteiger partial charge in [-0.05, 0) is 56.9 Å². The van der Waals surface area contributed by atoms with E-state index in [0.717, 1.165) is 36.8 Å². The third-order valence-electron chi connectivity index (χ3n) is 3.48. The van der Waals surface area contributed by atoms with Crippen molar-refractivity contribution in [1.29, 1.82) is 0 Å². The minimum atomic E-state index is -0.356. The molecule has 0 aliphatic rings. The Kier molecular flexibility index (Phi) is 6.61. The molecular formula is C19H22O5. The zero-order chi connectivity index (χ0) is 17.4. The summed E-state index contributed by atoms with van der Waals surface area (Å²) in [6, 6.07) is 8.51. The van der Waals surface area contributed by atoms with Crippen LogP contribution in [-0.4, -0.2) is 19.2 Å². The Morgan fingerprint density at radius 2 is 1.83 bits per heavy atom. The lowest BCUT2D eigenvalue weighted by Gasteiger charge is -2.07. The zero-order valence-corrected chi connectivity index (χ0v) is 13.9. The number of hydrogen-bond donors (Lipinski definition) is 0. The van der Waals surface area contributed by atoms with Gasteiger partial charge in [0.2, 0.25) is 0 Å². The number of hydrogen-bond acceptors (Lipinski definition) is 5. The average molecular weight is 330 g/mol. The molecule has 2 aromatic rings. The first-order valence-electron chi connectivity index (χ1n) is 8.05. The molecule has 0 radical (unpaired) electrons. The lowest BCUT2D eigenvalue weighted by Crippen LogP contribution is -2.06. The molecule has 1 heterocycles. The van der Waals surface area contributed by atoms with Crippen LogP contribution in [0.5, 0.6) is 5.75 Å². The van der Waals surface area contributed by atoms with E-state index in [9.17, 15) is 9.59 Å². The van der Waals surface area contributed by atoms with Crippen molar-refractivity contribution in [2.75, 3.05) is 13.2 Å². The van der Waals surface area contributed by atoms with E-state index < -0.39 is 0 Å². The minimum Gasteiger partial charge on any atom is -0.494 e. The summed E-state index contributed by atoms with van der Waals surface area (Å²) in [6.45, 7) is 6.22. The molecule has 0 saturated heterocycles. The van der Waals surface area contributed by atoms with Crippen molar-refractivity contribution in [1.82, 2.24) is 0 Å². The first kappa shape index (κ1) is 17.8. The fraction of sp³-hybridized carbons (Fsp3) is 0.368. The van der Waals surface area contributed by atoms with Crippen LogP contribution in [0.25, 0.3) is 11.0 Å². The van der Waals surface area contributed by atoms with Gasteiger partial charge in [-0.25, -0.2) is 9.59 Å². The topological polar surface area (TPSA) is 65.7 Å². The van der Waals surface area contributed by atoms with Crippen LogP contribution in [0, 0.1) is 0 Å². The highest BCUT2D eigenvalue weighted by Crippen LogP contribution is 2.19. The highest BCUT2D eigenvalue weighted by Gasteiger charge is 2.02. The highest BCUT2D eigenvalue weighted by atomic mass is 16.5. The Hall–Kier alpha value is -2.56. The van der Waals surface area contributed by atoms with Crippen LogP contribution in [-0.2, 0) is 9.53 Å². The van der Waals surface area contributed by atoms with Crippen LogP contribution in [0.2, 0.25) is 0 Å². The van der Waals surface area contributed by atoms with Gasteiger partial charge in [0.25, 0.3) is 0 Å². The van der Waals surface area contributed by atoms with Gasteiger partial charge < -0.3 is 13.9 Å². The van der Waals surface area contributed by atoms with E-state index >= 15 is 0 Å². The van der Waals surface area contributed by atoms with Crippen molar-refractivity contribution < 1.29 is 18.7 Å². The van der Waals surface area contributed by atoms with Gasteiger partial charge >= 0.3 is 11.6 Å². The lowest BCUT2D eigenvalue weighted by atomic mass is 10.2. The Labute approximate surface area is 140 Å². The Morgan fingerprint density at radius 1 is 1.08 bits per heavy atom. The number of benzene rings is 1. The van der Waals surface area contributed by atoms with Gasteiger partial charge in [-0.2, -0.15) is 0 Å². The van der Waals surface area contributed by atoms with Gasteiger partial charge in [0.15, 0.2) is 0 Å². The third-order valence-corrected chi connectivity index (χ3v) is 3.48. The second-order valence-corrected chi connectivity index (χ2v) is 5.63. The van der Waals surface area contributed by atoms with Gasteiger partial charge in [-0.3, -0.25) is 0 Å². The molecule has 0 saturated carbocycles. The maximum atomic E-state index is 11.2. The largest absolute Gasteiger partial charge is 0.494 e. The number of fused-ring (bicyclic) bond motifs is 1. The molecular weight excluding hydrogens is 308 g/mol. The van der Waals surface area contributed by atoms with Gasteiger partial charge in [-0.15, -0.1) is 0 Å². The van der Waals surface area contributed by atoms with E-state index in [1.165, 1.54) is 6.07 Å². The minimum absolute atomic E-state index is 0.328. The first-order chi connectivity index (χ1) is 11.6. The molecule has 1 aromatic carbocycles. The molecule has 24 heavy (non-hydrogen) atoms. The van der Waals surface area contributed by atoms with Crippen molar-refractivity contribution in [3.63, 3.8) is 0 Å². The maximum absolute atomic E-state index is 11.2. The number of rotatable bonds is 9. The smallest absolute Gasteiger partial charge is 0.336 e. The van der Waals surface area contributed by atoms with Crippen LogP contribution in [0.3, 0.4) is 0 Å². The van der Waals surface area contributed by atoms with Gasteiger partial charge in [-0.1, -0.05) is 6.58 Å². The molecule has 0 fully saturated rings. The molecule has 1 aromatic heterocycles. The predicted molar refractivity (Wildman–Crippen MR) is 92.2 cm³/mol. The van der Waals surface area contributed by atoms with Gasteiger partial charge in [0.05, 0.1) is 13.2 Å². The SMILES string of the molecule is C=C(C)C(=O)OCCCCCCOc1ccc2oc(=O)ccc2c1. The molecule has 0 spiro atoms. The Morgan fingerprint density at radius 3 is 2.58 bits per heavy atom. The Bertz CT molecular complexity index is 760. The maximum Gasteiger partial charge on any atom is 0.336 e. The zero-order valence-electron chi connectivity index (χ0n) is 13.9. The molecule has 0 aliphatic carbocycles.